The van der Waals surface area contributed by atoms with Crippen molar-refractivity contribution in [1.29, 1.82) is 0 Å². The summed E-state index contributed by atoms with van der Waals surface area (Å²) in [5, 5.41) is 13.6. The van der Waals surface area contributed by atoms with Gasteiger partial charge in [0.1, 0.15) is 0 Å². The summed E-state index contributed by atoms with van der Waals surface area (Å²) < 4.78 is 5.19. The van der Waals surface area contributed by atoms with Crippen LogP contribution in [0.4, 0.5) is 0 Å². The quantitative estimate of drug-likeness (QED) is 0.614. The summed E-state index contributed by atoms with van der Waals surface area (Å²) >= 11 is 0. The van der Waals surface area contributed by atoms with E-state index in [1.807, 2.05) is 0 Å². The molecular formula is C12H21N3O4. The minimum atomic E-state index is -0.423. The second kappa shape index (κ2) is 6.31. The van der Waals surface area contributed by atoms with Gasteiger partial charge in [-0.25, -0.2) is 0 Å². The van der Waals surface area contributed by atoms with Gasteiger partial charge in [0.05, 0.1) is 18.6 Å². The van der Waals surface area contributed by atoms with Crippen LogP contribution in [-0.4, -0.2) is 54.4 Å². The summed E-state index contributed by atoms with van der Waals surface area (Å²) in [5.41, 5.74) is 5.26. The molecule has 2 saturated heterocycles. The maximum absolute atomic E-state index is 11.9. The number of hydrogen-bond donors (Lipinski definition) is 3. The lowest BCUT2D eigenvalue weighted by Gasteiger charge is -2.32. The van der Waals surface area contributed by atoms with Gasteiger partial charge in [-0.1, -0.05) is 0 Å². The van der Waals surface area contributed by atoms with E-state index in [1.165, 1.54) is 0 Å². The summed E-state index contributed by atoms with van der Waals surface area (Å²) in [5.74, 6) is -0.905. The smallest absolute Gasteiger partial charge is 0.221 e. The first-order valence-corrected chi connectivity index (χ1v) is 6.65. The molecule has 0 saturated carbocycles. The maximum Gasteiger partial charge on any atom is 0.221 e. The van der Waals surface area contributed by atoms with Gasteiger partial charge in [-0.15, -0.1) is 0 Å². The number of primary amides is 1. The summed E-state index contributed by atoms with van der Waals surface area (Å²) in [6.45, 7) is 1.90. The highest BCUT2D eigenvalue weighted by Crippen LogP contribution is 2.23. The van der Waals surface area contributed by atoms with Crippen molar-refractivity contribution >= 4 is 11.8 Å². The van der Waals surface area contributed by atoms with Gasteiger partial charge in [-0.3, -0.25) is 9.59 Å². The number of hydroxylamine groups is 2. The highest BCUT2D eigenvalue weighted by molar-refractivity contribution is 5.78. The molecule has 0 spiro atoms. The average Bonchev–Trinajstić information content (AvgIpc) is 2.80. The summed E-state index contributed by atoms with van der Waals surface area (Å²) in [6.07, 6.45) is 1.70. The van der Waals surface area contributed by atoms with Crippen molar-refractivity contribution in [3.05, 3.63) is 0 Å². The molecular weight excluding hydrogens is 250 g/mol. The Labute approximate surface area is 112 Å². The van der Waals surface area contributed by atoms with Crippen LogP contribution in [0.2, 0.25) is 0 Å². The number of nitrogens with one attached hydrogen (secondary N) is 1. The fourth-order valence-corrected chi connectivity index (χ4v) is 2.73. The molecule has 0 aromatic rings. The van der Waals surface area contributed by atoms with Crippen LogP contribution in [0.1, 0.15) is 19.3 Å². The number of nitrogens with zero attached hydrogens (tertiary/aromatic N) is 1. The number of nitrogens with two attached hydrogens (primary N) is 1. The molecule has 3 atom stereocenters. The number of carbonyl (C=O) groups excluding carboxylic acids is 2. The van der Waals surface area contributed by atoms with E-state index in [0.29, 0.717) is 32.6 Å². The molecule has 2 aliphatic rings. The number of hydrogen-bond acceptors (Lipinski definition) is 5. The molecule has 0 aromatic carbocycles. The van der Waals surface area contributed by atoms with Gasteiger partial charge in [0.25, 0.3) is 0 Å². The Morgan fingerprint density at radius 2 is 2.21 bits per heavy atom. The molecule has 2 fully saturated rings. The second-order valence-electron chi connectivity index (χ2n) is 5.40. The van der Waals surface area contributed by atoms with Gasteiger partial charge in [0.2, 0.25) is 11.8 Å². The fraction of sp³-hybridized carbons (Fsp3) is 0.833. The lowest BCUT2D eigenvalue weighted by Crippen LogP contribution is -2.45. The van der Waals surface area contributed by atoms with E-state index in [9.17, 15) is 14.8 Å². The van der Waals surface area contributed by atoms with Gasteiger partial charge in [-0.05, 0) is 18.8 Å². The Morgan fingerprint density at radius 3 is 2.84 bits per heavy atom. The molecule has 0 aliphatic carbocycles. The van der Waals surface area contributed by atoms with E-state index in [4.69, 9.17) is 10.5 Å². The number of piperidine rings is 1. The normalized spacial score (nSPS) is 32.2. The summed E-state index contributed by atoms with van der Waals surface area (Å²) in [4.78, 5) is 23.0. The third-order valence-electron chi connectivity index (χ3n) is 3.69. The van der Waals surface area contributed by atoms with E-state index < -0.39 is 5.91 Å². The Morgan fingerprint density at radius 1 is 1.42 bits per heavy atom. The molecule has 0 bridgehead atoms. The van der Waals surface area contributed by atoms with Crippen LogP contribution < -0.4 is 11.1 Å². The molecule has 2 unspecified atom stereocenters. The number of amides is 2. The molecule has 2 heterocycles. The van der Waals surface area contributed by atoms with E-state index in [1.54, 1.807) is 0 Å². The van der Waals surface area contributed by atoms with E-state index in [-0.39, 0.29) is 30.3 Å². The molecule has 2 amide bonds. The van der Waals surface area contributed by atoms with Crippen LogP contribution in [0.5, 0.6) is 0 Å². The molecule has 7 nitrogen and oxygen atoms in total. The van der Waals surface area contributed by atoms with Crippen molar-refractivity contribution in [1.82, 2.24) is 10.4 Å². The van der Waals surface area contributed by atoms with Crippen LogP contribution in [0, 0.1) is 11.8 Å². The third kappa shape index (κ3) is 4.15. The SMILES string of the molecule is NC(=O)C1CC(CC(=O)N[C@@H]2CCOC2)CN(O)C1. The van der Waals surface area contributed by atoms with Crippen molar-refractivity contribution in [3.8, 4) is 0 Å². The predicted octanol–water partition coefficient (Wildman–Crippen LogP) is -0.906. The molecule has 2 aliphatic heterocycles. The molecule has 0 aromatic heterocycles. The van der Waals surface area contributed by atoms with Gasteiger partial charge in [-0.2, -0.15) is 5.06 Å². The molecule has 2 rings (SSSR count). The predicted molar refractivity (Wildman–Crippen MR) is 66.1 cm³/mol. The molecule has 0 radical (unpaired) electrons. The van der Waals surface area contributed by atoms with Crippen molar-refractivity contribution in [3.63, 3.8) is 0 Å². The lowest BCUT2D eigenvalue weighted by molar-refractivity contribution is -0.150. The second-order valence-corrected chi connectivity index (χ2v) is 5.40. The number of rotatable bonds is 4. The van der Waals surface area contributed by atoms with Crippen LogP contribution >= 0.6 is 0 Å². The maximum atomic E-state index is 11.9. The minimum Gasteiger partial charge on any atom is -0.379 e. The van der Waals surface area contributed by atoms with Crippen molar-refractivity contribution < 1.29 is 19.5 Å². The van der Waals surface area contributed by atoms with Crippen molar-refractivity contribution in [2.24, 2.45) is 17.6 Å². The molecule has 7 heteroatoms. The van der Waals surface area contributed by atoms with Crippen molar-refractivity contribution in [2.45, 2.75) is 25.3 Å². The Balaban J connectivity index is 1.80. The van der Waals surface area contributed by atoms with Gasteiger partial charge in [0, 0.05) is 26.1 Å². The monoisotopic (exact) mass is 271 g/mol. The molecule has 19 heavy (non-hydrogen) atoms. The zero-order valence-electron chi connectivity index (χ0n) is 10.9. The average molecular weight is 271 g/mol. The van der Waals surface area contributed by atoms with Gasteiger partial charge in [0.15, 0.2) is 0 Å². The van der Waals surface area contributed by atoms with Crippen LogP contribution in [0.25, 0.3) is 0 Å². The Hall–Kier alpha value is -1.18. The highest BCUT2D eigenvalue weighted by Gasteiger charge is 2.31. The first-order valence-electron chi connectivity index (χ1n) is 6.65. The van der Waals surface area contributed by atoms with Crippen molar-refractivity contribution in [2.75, 3.05) is 26.3 Å². The highest BCUT2D eigenvalue weighted by atomic mass is 16.5. The fourth-order valence-electron chi connectivity index (χ4n) is 2.73. The van der Waals surface area contributed by atoms with Gasteiger partial charge < -0.3 is 21.0 Å². The molecule has 108 valence electrons. The lowest BCUT2D eigenvalue weighted by atomic mass is 9.87. The standard InChI is InChI=1S/C12H21N3O4/c13-12(17)9-3-8(5-15(18)6-9)4-11(16)14-10-1-2-19-7-10/h8-10,18H,1-7H2,(H2,13,17)(H,14,16)/t8?,9?,10-/m1/s1. The van der Waals surface area contributed by atoms with Crippen LogP contribution in [0.3, 0.4) is 0 Å². The first-order chi connectivity index (χ1) is 9.04. The first kappa shape index (κ1) is 14.2. The Bertz CT molecular complexity index is 344. The number of ether oxygens (including phenoxy) is 1. The molecule has 4 N–H and O–H groups in total. The van der Waals surface area contributed by atoms with Crippen LogP contribution in [0.15, 0.2) is 0 Å². The van der Waals surface area contributed by atoms with Gasteiger partial charge >= 0.3 is 0 Å². The largest absolute Gasteiger partial charge is 0.379 e. The van der Waals surface area contributed by atoms with Crippen LogP contribution in [-0.2, 0) is 14.3 Å². The third-order valence-corrected chi connectivity index (χ3v) is 3.69. The summed E-state index contributed by atoms with van der Waals surface area (Å²) in [6, 6.07) is 0.0910. The number of carbonyl (C=O) groups is 2. The zero-order chi connectivity index (χ0) is 13.8. The van der Waals surface area contributed by atoms with E-state index in [0.717, 1.165) is 11.5 Å². The summed E-state index contributed by atoms with van der Waals surface area (Å²) in [7, 11) is 0. The minimum absolute atomic E-state index is 0.0430. The topological polar surface area (TPSA) is 105 Å². The zero-order valence-corrected chi connectivity index (χ0v) is 10.9. The van der Waals surface area contributed by atoms with E-state index in [2.05, 4.69) is 5.32 Å². The Kier molecular flexibility index (Phi) is 4.73. The van der Waals surface area contributed by atoms with E-state index >= 15 is 0 Å².